The summed E-state index contributed by atoms with van der Waals surface area (Å²) in [5, 5.41) is 7.49. The van der Waals surface area contributed by atoms with Crippen molar-refractivity contribution in [2.75, 3.05) is 18.5 Å². The van der Waals surface area contributed by atoms with Crippen LogP contribution in [0.5, 0.6) is 0 Å². The van der Waals surface area contributed by atoms with Crippen LogP contribution in [0.4, 0.5) is 0 Å². The summed E-state index contributed by atoms with van der Waals surface area (Å²) in [7, 11) is 1.23. The van der Waals surface area contributed by atoms with Gasteiger partial charge >= 0.3 is 25.8 Å². The first kappa shape index (κ1) is 33.0. The molecule has 0 aromatic heterocycles. The Balaban J connectivity index is 0.000000329. The normalized spacial score (nSPS) is 15.4. The summed E-state index contributed by atoms with van der Waals surface area (Å²) in [6, 6.07) is 22.8. The molecule has 186 valence electrons. The predicted molar refractivity (Wildman–Crippen MR) is 151 cm³/mol. The Morgan fingerprint density at radius 1 is 0.971 bits per heavy atom. The Labute approximate surface area is 247 Å². The van der Waals surface area contributed by atoms with Crippen LogP contribution >= 0.6 is 16.5 Å². The van der Waals surface area contributed by atoms with Crippen molar-refractivity contribution in [2.24, 2.45) is 0 Å². The van der Waals surface area contributed by atoms with Gasteiger partial charge in [0.2, 0.25) is 0 Å². The van der Waals surface area contributed by atoms with Crippen molar-refractivity contribution in [3.8, 4) is 0 Å². The van der Waals surface area contributed by atoms with Crippen molar-refractivity contribution < 1.29 is 50.7 Å². The fraction of sp³-hybridized carbons (Fsp3) is 0.400. The standard InChI is InChI=1S/C17H24P.C13H14P.2ClH.Hf/c1-5-9-18(10-6-2)15-11-16-13(3)7-8-14(4)17(16)12-15;1-2-5-11-10(4-1)7-8-12(11)13-6-3-9-14-13;;;/h7-8,11-12H,5-6,9-10H2,1-4H3;1-2,4-5,7-8,13-14H,3,6,9H2;2*1H;/q2*-1;;;+4/p-2. The van der Waals surface area contributed by atoms with Gasteiger partial charge < -0.3 is 24.8 Å². The van der Waals surface area contributed by atoms with E-state index in [1.54, 1.807) is 10.9 Å². The van der Waals surface area contributed by atoms with E-state index in [1.807, 2.05) is 0 Å². The van der Waals surface area contributed by atoms with Gasteiger partial charge in [0.05, 0.1) is 0 Å². The van der Waals surface area contributed by atoms with Gasteiger partial charge in [0.25, 0.3) is 0 Å². The minimum Gasteiger partial charge on any atom is -1.00 e. The molecule has 2 atom stereocenters. The van der Waals surface area contributed by atoms with E-state index < -0.39 is 0 Å². The molecule has 0 N–H and O–H groups in total. The second-order valence-electron chi connectivity index (χ2n) is 9.25. The number of hydrogen-bond donors (Lipinski definition) is 0. The van der Waals surface area contributed by atoms with Gasteiger partial charge in [0.15, 0.2) is 0 Å². The van der Waals surface area contributed by atoms with Crippen LogP contribution in [0, 0.1) is 13.8 Å². The maximum absolute atomic E-state index is 2.47. The minimum absolute atomic E-state index is 0. The van der Waals surface area contributed by atoms with Gasteiger partial charge in [0, 0.05) is 0 Å². The van der Waals surface area contributed by atoms with Crippen LogP contribution in [0.25, 0.3) is 21.5 Å². The van der Waals surface area contributed by atoms with Crippen LogP contribution in [0.2, 0.25) is 0 Å². The molecule has 5 heteroatoms. The molecule has 0 nitrogen and oxygen atoms in total. The Morgan fingerprint density at radius 2 is 1.66 bits per heavy atom. The zero-order valence-electron chi connectivity index (χ0n) is 21.5. The summed E-state index contributed by atoms with van der Waals surface area (Å²) in [4.78, 5) is 0. The summed E-state index contributed by atoms with van der Waals surface area (Å²) in [6.07, 6.45) is 9.69. The summed E-state index contributed by atoms with van der Waals surface area (Å²) in [5.74, 6) is 0. The third-order valence-corrected chi connectivity index (χ3v) is 11.5. The first-order chi connectivity index (χ1) is 15.6. The number of hydrogen-bond acceptors (Lipinski definition) is 0. The molecule has 1 aliphatic heterocycles. The smallest absolute Gasteiger partial charge is 1.00 e. The maximum Gasteiger partial charge on any atom is 4.00 e. The van der Waals surface area contributed by atoms with Crippen LogP contribution in [0.15, 0.2) is 60.7 Å². The zero-order chi connectivity index (χ0) is 22.5. The molecule has 0 amide bonds. The molecule has 0 spiro atoms. The monoisotopic (exact) mass is 710 g/mol. The summed E-state index contributed by atoms with van der Waals surface area (Å²) in [6.45, 7) is 9.08. The summed E-state index contributed by atoms with van der Waals surface area (Å²) >= 11 is 0. The zero-order valence-corrected chi connectivity index (χ0v) is 28.5. The number of halogens is 2. The molecule has 1 fully saturated rings. The molecule has 35 heavy (non-hydrogen) atoms. The molecular formula is C30H38Cl2HfP2. The molecule has 2 unspecified atom stereocenters. The molecule has 0 bridgehead atoms. The van der Waals surface area contributed by atoms with Gasteiger partial charge in [-0.3, -0.25) is 0 Å². The van der Waals surface area contributed by atoms with Crippen LogP contribution < -0.4 is 30.1 Å². The average Bonchev–Trinajstić information content (AvgIpc) is 3.56. The van der Waals surface area contributed by atoms with Crippen LogP contribution in [-0.4, -0.2) is 18.5 Å². The van der Waals surface area contributed by atoms with Gasteiger partial charge in [-0.15, -0.1) is 83.0 Å². The van der Waals surface area contributed by atoms with Gasteiger partial charge in [-0.05, 0) is 37.5 Å². The number of fused-ring (bicyclic) bond motifs is 2. The molecule has 4 aromatic rings. The molecule has 0 aliphatic carbocycles. The fourth-order valence-electron chi connectivity index (χ4n) is 5.10. The molecule has 5 rings (SSSR count). The first-order valence-electron chi connectivity index (χ1n) is 12.4. The van der Waals surface area contributed by atoms with E-state index in [1.165, 1.54) is 76.8 Å². The molecule has 1 saturated heterocycles. The van der Waals surface area contributed by atoms with Crippen molar-refractivity contribution in [2.45, 2.75) is 59.0 Å². The third kappa shape index (κ3) is 7.98. The van der Waals surface area contributed by atoms with Crippen LogP contribution in [0.3, 0.4) is 0 Å². The van der Waals surface area contributed by atoms with Crippen molar-refractivity contribution in [3.05, 3.63) is 77.4 Å². The Kier molecular flexibility index (Phi) is 15.1. The van der Waals surface area contributed by atoms with E-state index in [9.17, 15) is 0 Å². The van der Waals surface area contributed by atoms with Gasteiger partial charge in [-0.1, -0.05) is 65.7 Å². The van der Waals surface area contributed by atoms with E-state index in [0.29, 0.717) is 0 Å². The van der Waals surface area contributed by atoms with Crippen molar-refractivity contribution in [3.63, 3.8) is 0 Å². The SMILES string of the molecule is CCCP(CCC)c1cc2c(C)ccc(C)c2[cH-]1.[Cl-].[Cl-].[Hf+4].c1ccc2c(c1)cc[c-]2C1CCCP1. The topological polar surface area (TPSA) is 0 Å². The van der Waals surface area contributed by atoms with E-state index >= 15 is 0 Å². The quantitative estimate of drug-likeness (QED) is 0.164. The van der Waals surface area contributed by atoms with Crippen LogP contribution in [0.1, 0.15) is 61.9 Å². The van der Waals surface area contributed by atoms with Gasteiger partial charge in [0.1, 0.15) is 0 Å². The van der Waals surface area contributed by atoms with Crippen molar-refractivity contribution in [1.82, 2.24) is 0 Å². The van der Waals surface area contributed by atoms with Gasteiger partial charge in [-0.2, -0.15) is 12.1 Å². The summed E-state index contributed by atoms with van der Waals surface area (Å²) in [5.41, 5.74) is 5.32. The molecule has 0 radical (unpaired) electrons. The third-order valence-electron chi connectivity index (χ3n) is 6.81. The number of benzene rings is 2. The molecule has 1 heterocycles. The van der Waals surface area contributed by atoms with E-state index in [2.05, 4.69) is 88.4 Å². The first-order valence-corrected chi connectivity index (χ1v) is 15.4. The Bertz CT molecular complexity index is 1110. The maximum atomic E-state index is 2.47. The van der Waals surface area contributed by atoms with E-state index in [-0.39, 0.29) is 58.6 Å². The van der Waals surface area contributed by atoms with Crippen LogP contribution in [-0.2, 0) is 25.8 Å². The molecule has 0 saturated carbocycles. The Hall–Kier alpha value is -0.0299. The number of rotatable bonds is 6. The second kappa shape index (κ2) is 16.0. The summed E-state index contributed by atoms with van der Waals surface area (Å²) < 4.78 is 0. The predicted octanol–water partition coefficient (Wildman–Crippen LogP) is 3.18. The molecule has 4 aromatic carbocycles. The van der Waals surface area contributed by atoms with E-state index in [0.717, 1.165) is 14.2 Å². The van der Waals surface area contributed by atoms with Crippen molar-refractivity contribution >= 4 is 43.4 Å². The largest absolute Gasteiger partial charge is 4.00 e. The number of aryl methyl sites for hydroxylation is 2. The van der Waals surface area contributed by atoms with Gasteiger partial charge in [-0.25, -0.2) is 0 Å². The second-order valence-corrected chi connectivity index (χ2v) is 13.3. The molecular weight excluding hydrogens is 672 g/mol. The van der Waals surface area contributed by atoms with Crippen molar-refractivity contribution in [1.29, 1.82) is 0 Å². The Morgan fingerprint density at radius 3 is 2.29 bits per heavy atom. The average molecular weight is 710 g/mol. The van der Waals surface area contributed by atoms with E-state index in [4.69, 9.17) is 0 Å². The minimum atomic E-state index is 0. The fourth-order valence-corrected chi connectivity index (χ4v) is 9.18. The molecule has 1 aliphatic rings.